The topological polar surface area (TPSA) is 63.5 Å². The van der Waals surface area contributed by atoms with E-state index in [0.29, 0.717) is 13.1 Å². The van der Waals surface area contributed by atoms with Crippen LogP contribution in [0.25, 0.3) is 0 Å². The lowest BCUT2D eigenvalue weighted by molar-refractivity contribution is 0.314. The van der Waals surface area contributed by atoms with Gasteiger partial charge in [0, 0.05) is 25.4 Å². The summed E-state index contributed by atoms with van der Waals surface area (Å²) in [5.74, 6) is 1.71. The zero-order chi connectivity index (χ0) is 18.1. The van der Waals surface area contributed by atoms with E-state index >= 15 is 0 Å². The van der Waals surface area contributed by atoms with Crippen molar-refractivity contribution < 1.29 is 4.74 Å². The predicted molar refractivity (Wildman–Crippen MR) is 117 cm³/mol. The lowest BCUT2D eigenvalue weighted by atomic mass is 10.1. The second kappa shape index (κ2) is 11.8. The molecule has 0 aliphatic carbocycles. The Hall–Kier alpha value is -1.77. The maximum absolute atomic E-state index is 5.87. The van der Waals surface area contributed by atoms with Gasteiger partial charge in [-0.2, -0.15) is 5.10 Å². The Morgan fingerprint density at radius 2 is 2.04 bits per heavy atom. The molecule has 0 saturated carbocycles. The van der Waals surface area contributed by atoms with Crippen LogP contribution < -0.4 is 15.4 Å². The molecule has 0 fully saturated rings. The van der Waals surface area contributed by atoms with Crippen LogP contribution in [-0.4, -0.2) is 28.9 Å². The minimum absolute atomic E-state index is 0. The highest BCUT2D eigenvalue weighted by atomic mass is 127. The molecular formula is C19H30IN5O. The molecule has 0 atom stereocenters. The van der Waals surface area contributed by atoms with Crippen LogP contribution in [0.2, 0.25) is 0 Å². The summed E-state index contributed by atoms with van der Waals surface area (Å²) in [6.45, 7) is 9.02. The third-order valence-corrected chi connectivity index (χ3v) is 3.80. The van der Waals surface area contributed by atoms with Gasteiger partial charge in [0.25, 0.3) is 0 Å². The van der Waals surface area contributed by atoms with E-state index in [2.05, 4.69) is 54.7 Å². The smallest absolute Gasteiger partial charge is 0.191 e. The molecule has 0 bridgehead atoms. The first-order valence-corrected chi connectivity index (χ1v) is 8.85. The molecule has 2 rings (SSSR count). The molecule has 6 nitrogen and oxygen atoms in total. The zero-order valence-corrected chi connectivity index (χ0v) is 18.4. The van der Waals surface area contributed by atoms with Crippen LogP contribution in [0.5, 0.6) is 5.75 Å². The summed E-state index contributed by atoms with van der Waals surface area (Å²) in [6, 6.07) is 8.26. The molecule has 0 radical (unpaired) electrons. The molecular weight excluding hydrogens is 441 g/mol. The fraction of sp³-hybridized carbons (Fsp3) is 0.474. The molecule has 26 heavy (non-hydrogen) atoms. The highest BCUT2D eigenvalue weighted by Crippen LogP contribution is 2.21. The summed E-state index contributed by atoms with van der Waals surface area (Å²) in [5.41, 5.74) is 3.39. The lowest BCUT2D eigenvalue weighted by Crippen LogP contribution is -2.37. The Morgan fingerprint density at radius 1 is 1.23 bits per heavy atom. The number of benzene rings is 1. The van der Waals surface area contributed by atoms with Crippen LogP contribution in [0.1, 0.15) is 37.1 Å². The van der Waals surface area contributed by atoms with Gasteiger partial charge in [-0.25, -0.2) is 4.99 Å². The van der Waals surface area contributed by atoms with Crippen LogP contribution in [-0.2, 0) is 20.1 Å². The van der Waals surface area contributed by atoms with Gasteiger partial charge in [-0.05, 0) is 38.0 Å². The van der Waals surface area contributed by atoms with Crippen molar-refractivity contribution in [3.05, 3.63) is 47.3 Å². The van der Waals surface area contributed by atoms with E-state index < -0.39 is 0 Å². The van der Waals surface area contributed by atoms with Gasteiger partial charge in [-0.1, -0.05) is 19.1 Å². The largest absolute Gasteiger partial charge is 0.493 e. The molecule has 0 unspecified atom stereocenters. The Morgan fingerprint density at radius 3 is 2.69 bits per heavy atom. The van der Waals surface area contributed by atoms with Gasteiger partial charge >= 0.3 is 0 Å². The standard InChI is InChI=1S/C19H29N5O.HI/c1-5-11-25-18-12-15(3)7-8-16(18)13-21-19(20-6-2)22-14-17-9-10-23-24(17)4;/h7-10,12H,5-6,11,13-14H2,1-4H3,(H2,20,21,22);1H. The fourth-order valence-electron chi connectivity index (χ4n) is 2.39. The monoisotopic (exact) mass is 471 g/mol. The number of hydrogen-bond acceptors (Lipinski definition) is 3. The number of aromatic nitrogens is 2. The number of aliphatic imine (C=N–C) groups is 1. The number of aryl methyl sites for hydroxylation is 2. The molecule has 2 aromatic rings. The van der Waals surface area contributed by atoms with Gasteiger partial charge in [0.1, 0.15) is 5.75 Å². The van der Waals surface area contributed by atoms with Crippen LogP contribution in [0.3, 0.4) is 0 Å². The van der Waals surface area contributed by atoms with Crippen LogP contribution in [0.4, 0.5) is 0 Å². The Balaban J connectivity index is 0.00000338. The second-order valence-corrected chi connectivity index (χ2v) is 5.95. The molecule has 144 valence electrons. The lowest BCUT2D eigenvalue weighted by Gasteiger charge is -2.13. The number of guanidine groups is 1. The van der Waals surface area contributed by atoms with Gasteiger partial charge in [0.2, 0.25) is 0 Å². The maximum atomic E-state index is 5.87. The summed E-state index contributed by atoms with van der Waals surface area (Å²) in [6.07, 6.45) is 2.79. The number of nitrogens with one attached hydrogen (secondary N) is 2. The third-order valence-electron chi connectivity index (χ3n) is 3.80. The molecule has 0 aliphatic rings. The van der Waals surface area contributed by atoms with Crippen molar-refractivity contribution in [2.75, 3.05) is 13.2 Å². The molecule has 1 heterocycles. The van der Waals surface area contributed by atoms with Crippen molar-refractivity contribution in [2.24, 2.45) is 12.0 Å². The fourth-order valence-corrected chi connectivity index (χ4v) is 2.39. The molecule has 0 saturated heterocycles. The highest BCUT2D eigenvalue weighted by molar-refractivity contribution is 14.0. The van der Waals surface area contributed by atoms with Crippen molar-refractivity contribution in [1.29, 1.82) is 0 Å². The quantitative estimate of drug-likeness (QED) is 0.352. The average Bonchev–Trinajstić information content (AvgIpc) is 3.01. The van der Waals surface area contributed by atoms with Crippen LogP contribution in [0.15, 0.2) is 35.5 Å². The summed E-state index contributed by atoms with van der Waals surface area (Å²) in [4.78, 5) is 4.70. The van der Waals surface area contributed by atoms with Crippen LogP contribution >= 0.6 is 24.0 Å². The molecule has 0 amide bonds. The van der Waals surface area contributed by atoms with E-state index in [0.717, 1.165) is 42.5 Å². The van der Waals surface area contributed by atoms with E-state index in [4.69, 9.17) is 9.73 Å². The summed E-state index contributed by atoms with van der Waals surface area (Å²) < 4.78 is 7.73. The van der Waals surface area contributed by atoms with Crippen molar-refractivity contribution in [3.8, 4) is 5.75 Å². The number of rotatable bonds is 8. The molecule has 0 aliphatic heterocycles. The first kappa shape index (κ1) is 22.3. The number of halogens is 1. The number of nitrogens with zero attached hydrogens (tertiary/aromatic N) is 3. The minimum Gasteiger partial charge on any atom is -0.493 e. The Labute approximate surface area is 173 Å². The van der Waals surface area contributed by atoms with E-state index in [9.17, 15) is 0 Å². The van der Waals surface area contributed by atoms with Gasteiger partial charge in [-0.3, -0.25) is 4.68 Å². The van der Waals surface area contributed by atoms with Gasteiger partial charge in [-0.15, -0.1) is 24.0 Å². The van der Waals surface area contributed by atoms with E-state index in [1.165, 1.54) is 5.56 Å². The maximum Gasteiger partial charge on any atom is 0.191 e. The molecule has 7 heteroatoms. The third kappa shape index (κ3) is 6.86. The normalized spacial score (nSPS) is 11.0. The van der Waals surface area contributed by atoms with E-state index in [1.807, 2.05) is 17.8 Å². The van der Waals surface area contributed by atoms with Gasteiger partial charge < -0.3 is 15.4 Å². The van der Waals surface area contributed by atoms with Gasteiger partial charge in [0.05, 0.1) is 25.4 Å². The van der Waals surface area contributed by atoms with Crippen molar-refractivity contribution in [1.82, 2.24) is 20.4 Å². The highest BCUT2D eigenvalue weighted by Gasteiger charge is 2.06. The average molecular weight is 471 g/mol. The summed E-state index contributed by atoms with van der Waals surface area (Å²) in [7, 11) is 1.94. The van der Waals surface area contributed by atoms with Crippen molar-refractivity contribution in [2.45, 2.75) is 40.3 Å². The van der Waals surface area contributed by atoms with E-state index in [-0.39, 0.29) is 24.0 Å². The van der Waals surface area contributed by atoms with Crippen LogP contribution in [0, 0.1) is 6.92 Å². The van der Waals surface area contributed by atoms with Gasteiger partial charge in [0.15, 0.2) is 5.96 Å². The summed E-state index contributed by atoms with van der Waals surface area (Å²) >= 11 is 0. The molecule has 1 aromatic heterocycles. The Bertz CT molecular complexity index is 699. The molecule has 0 spiro atoms. The minimum atomic E-state index is 0. The summed E-state index contributed by atoms with van der Waals surface area (Å²) in [5, 5.41) is 10.8. The first-order valence-electron chi connectivity index (χ1n) is 8.85. The first-order chi connectivity index (χ1) is 12.1. The van der Waals surface area contributed by atoms with Crippen molar-refractivity contribution in [3.63, 3.8) is 0 Å². The number of ether oxygens (including phenoxy) is 1. The SMILES string of the molecule is CCCOc1cc(C)ccc1CN=C(NCC)NCc1ccnn1C.I. The zero-order valence-electron chi connectivity index (χ0n) is 16.1. The predicted octanol–water partition coefficient (Wildman–Crippen LogP) is 3.39. The molecule has 2 N–H and O–H groups in total. The Kier molecular flexibility index (Phi) is 10.1. The van der Waals surface area contributed by atoms with E-state index in [1.54, 1.807) is 6.20 Å². The van der Waals surface area contributed by atoms with Crippen molar-refractivity contribution >= 4 is 29.9 Å². The number of hydrogen-bond donors (Lipinski definition) is 2. The molecule has 1 aromatic carbocycles. The second-order valence-electron chi connectivity index (χ2n) is 5.95.